The Kier molecular flexibility index (Phi) is 4.29. The maximum absolute atomic E-state index is 12.0. The number of carbonyl (C=O) groups is 2. The van der Waals surface area contributed by atoms with Crippen LogP contribution in [0, 0.1) is 5.41 Å². The maximum Gasteiger partial charge on any atom is 0.326 e. The molecule has 0 aromatic carbocycles. The number of rotatable bonds is 4. The zero-order valence-corrected chi connectivity index (χ0v) is 9.88. The lowest BCUT2D eigenvalue weighted by atomic mass is 9.81. The molecule has 0 saturated carbocycles. The lowest BCUT2D eigenvalue weighted by Gasteiger charge is -2.33. The van der Waals surface area contributed by atoms with Crippen LogP contribution >= 0.6 is 0 Å². The number of hydrogen-bond donors (Lipinski definition) is 3. The zero-order valence-electron chi connectivity index (χ0n) is 9.88. The zero-order chi connectivity index (χ0) is 12.2. The van der Waals surface area contributed by atoms with Gasteiger partial charge in [-0.15, -0.1) is 0 Å². The lowest BCUT2D eigenvalue weighted by Crippen LogP contribution is -2.52. The Labute approximate surface area is 95.6 Å². The van der Waals surface area contributed by atoms with Crippen molar-refractivity contribution in [1.82, 2.24) is 10.6 Å². The minimum atomic E-state index is -0.969. The molecule has 92 valence electrons. The molecule has 1 fully saturated rings. The molecule has 0 spiro atoms. The fourth-order valence-corrected chi connectivity index (χ4v) is 1.92. The van der Waals surface area contributed by atoms with Gasteiger partial charge in [0.15, 0.2) is 0 Å². The number of carboxylic acids is 1. The Balaban J connectivity index is 2.59. The highest BCUT2D eigenvalue weighted by molar-refractivity contribution is 5.87. The average Bonchev–Trinajstić information content (AvgIpc) is 2.26. The van der Waals surface area contributed by atoms with E-state index in [1.165, 1.54) is 0 Å². The van der Waals surface area contributed by atoms with Gasteiger partial charge in [-0.3, -0.25) is 4.79 Å². The van der Waals surface area contributed by atoms with Gasteiger partial charge in [-0.25, -0.2) is 4.79 Å². The number of nitrogens with one attached hydrogen (secondary N) is 2. The Morgan fingerprint density at radius 1 is 1.56 bits per heavy atom. The number of carbonyl (C=O) groups excluding carboxylic acids is 1. The second-order valence-corrected chi connectivity index (χ2v) is 4.61. The van der Waals surface area contributed by atoms with Crippen LogP contribution in [0.3, 0.4) is 0 Å². The molecule has 0 aromatic heterocycles. The minimum Gasteiger partial charge on any atom is -0.480 e. The van der Waals surface area contributed by atoms with Gasteiger partial charge in [0.25, 0.3) is 0 Å². The predicted octanol–water partition coefficient (Wildman–Crippen LogP) is 0.355. The fourth-order valence-electron chi connectivity index (χ4n) is 1.92. The van der Waals surface area contributed by atoms with Gasteiger partial charge in [-0.05, 0) is 32.7 Å². The number of carboxylic acid groups (broad SMARTS) is 1. The third-order valence-corrected chi connectivity index (χ3v) is 3.16. The molecule has 16 heavy (non-hydrogen) atoms. The molecular formula is C11H20N2O3. The summed E-state index contributed by atoms with van der Waals surface area (Å²) in [4.78, 5) is 22.8. The maximum atomic E-state index is 12.0. The summed E-state index contributed by atoms with van der Waals surface area (Å²) in [5, 5.41) is 14.6. The van der Waals surface area contributed by atoms with E-state index in [1.807, 2.05) is 6.92 Å². The van der Waals surface area contributed by atoms with Gasteiger partial charge < -0.3 is 15.7 Å². The van der Waals surface area contributed by atoms with Gasteiger partial charge in [0.2, 0.25) is 5.91 Å². The first kappa shape index (κ1) is 13.0. The van der Waals surface area contributed by atoms with Crippen molar-refractivity contribution in [3.63, 3.8) is 0 Å². The van der Waals surface area contributed by atoms with Crippen molar-refractivity contribution in [2.75, 3.05) is 13.1 Å². The molecule has 1 amide bonds. The quantitative estimate of drug-likeness (QED) is 0.649. The normalized spacial score (nSPS) is 27.1. The molecule has 0 aromatic rings. The van der Waals surface area contributed by atoms with Crippen LogP contribution in [0.2, 0.25) is 0 Å². The summed E-state index contributed by atoms with van der Waals surface area (Å²) in [7, 11) is 0. The van der Waals surface area contributed by atoms with E-state index in [0.29, 0.717) is 13.0 Å². The van der Waals surface area contributed by atoms with E-state index in [-0.39, 0.29) is 5.91 Å². The van der Waals surface area contributed by atoms with Crippen LogP contribution in [-0.2, 0) is 9.59 Å². The first-order chi connectivity index (χ1) is 7.49. The Morgan fingerprint density at radius 2 is 2.25 bits per heavy atom. The minimum absolute atomic E-state index is 0.158. The summed E-state index contributed by atoms with van der Waals surface area (Å²) < 4.78 is 0. The molecule has 1 aliphatic rings. The summed E-state index contributed by atoms with van der Waals surface area (Å²) in [6.07, 6.45) is 2.17. The van der Waals surface area contributed by atoms with Gasteiger partial charge in [0, 0.05) is 6.54 Å². The van der Waals surface area contributed by atoms with Crippen LogP contribution in [0.4, 0.5) is 0 Å². The number of aliphatic carboxylic acids is 1. The summed E-state index contributed by atoms with van der Waals surface area (Å²) in [6.45, 7) is 5.18. The van der Waals surface area contributed by atoms with E-state index in [1.54, 1.807) is 6.92 Å². The highest BCUT2D eigenvalue weighted by Crippen LogP contribution is 2.25. The van der Waals surface area contributed by atoms with Crippen molar-refractivity contribution in [3.8, 4) is 0 Å². The number of amides is 1. The average molecular weight is 228 g/mol. The van der Waals surface area contributed by atoms with Gasteiger partial charge in [0.1, 0.15) is 6.04 Å². The van der Waals surface area contributed by atoms with Gasteiger partial charge in [-0.2, -0.15) is 0 Å². The van der Waals surface area contributed by atoms with E-state index >= 15 is 0 Å². The molecule has 5 nitrogen and oxygen atoms in total. The first-order valence-corrected chi connectivity index (χ1v) is 5.74. The molecule has 2 atom stereocenters. The van der Waals surface area contributed by atoms with Crippen LogP contribution < -0.4 is 10.6 Å². The summed E-state index contributed by atoms with van der Waals surface area (Å²) >= 11 is 0. The van der Waals surface area contributed by atoms with Gasteiger partial charge >= 0.3 is 5.97 Å². The van der Waals surface area contributed by atoms with E-state index in [0.717, 1.165) is 19.4 Å². The number of hydrogen-bond acceptors (Lipinski definition) is 3. The lowest BCUT2D eigenvalue weighted by molar-refractivity contribution is -0.144. The topological polar surface area (TPSA) is 78.4 Å². The Bertz CT molecular complexity index is 272. The second-order valence-electron chi connectivity index (χ2n) is 4.61. The van der Waals surface area contributed by atoms with Crippen molar-refractivity contribution < 1.29 is 14.7 Å². The van der Waals surface area contributed by atoms with Crippen molar-refractivity contribution >= 4 is 11.9 Å². The number of piperidine rings is 1. The molecule has 1 rings (SSSR count). The smallest absolute Gasteiger partial charge is 0.326 e. The first-order valence-electron chi connectivity index (χ1n) is 5.74. The molecule has 0 aliphatic carbocycles. The predicted molar refractivity (Wildman–Crippen MR) is 60.1 cm³/mol. The van der Waals surface area contributed by atoms with Crippen molar-refractivity contribution in [1.29, 1.82) is 0 Å². The highest BCUT2D eigenvalue weighted by atomic mass is 16.4. The SMILES string of the molecule is CC[C@H](NC(=O)C1(C)CCCNC1)C(=O)O. The molecule has 1 heterocycles. The van der Waals surface area contributed by atoms with E-state index < -0.39 is 17.4 Å². The van der Waals surface area contributed by atoms with Crippen molar-refractivity contribution in [2.45, 2.75) is 39.2 Å². The summed E-state index contributed by atoms with van der Waals surface area (Å²) in [6, 6.07) is -0.772. The molecular weight excluding hydrogens is 208 g/mol. The largest absolute Gasteiger partial charge is 0.480 e. The van der Waals surface area contributed by atoms with E-state index in [4.69, 9.17) is 5.11 Å². The second kappa shape index (κ2) is 5.30. The van der Waals surface area contributed by atoms with Gasteiger partial charge in [0.05, 0.1) is 5.41 Å². The summed E-state index contributed by atoms with van der Waals surface area (Å²) in [5.41, 5.74) is -0.471. The molecule has 0 bridgehead atoms. The molecule has 0 radical (unpaired) electrons. The van der Waals surface area contributed by atoms with Crippen LogP contribution in [0.15, 0.2) is 0 Å². The van der Waals surface area contributed by atoms with Gasteiger partial charge in [-0.1, -0.05) is 6.92 Å². The van der Waals surface area contributed by atoms with E-state index in [2.05, 4.69) is 10.6 Å². The van der Waals surface area contributed by atoms with Crippen LogP contribution in [0.25, 0.3) is 0 Å². The highest BCUT2D eigenvalue weighted by Gasteiger charge is 2.36. The molecule has 3 N–H and O–H groups in total. The molecule has 5 heteroatoms. The Hall–Kier alpha value is -1.10. The molecule has 1 unspecified atom stereocenters. The molecule has 1 saturated heterocycles. The fraction of sp³-hybridized carbons (Fsp3) is 0.818. The third kappa shape index (κ3) is 2.95. The van der Waals surface area contributed by atoms with Crippen LogP contribution in [0.5, 0.6) is 0 Å². The monoisotopic (exact) mass is 228 g/mol. The standard InChI is InChI=1S/C11H20N2O3/c1-3-8(9(14)15)13-10(16)11(2)5-4-6-12-7-11/h8,12H,3-7H2,1-2H3,(H,13,16)(H,14,15)/t8-,11?/m0/s1. The van der Waals surface area contributed by atoms with Crippen LogP contribution in [-0.4, -0.2) is 36.1 Å². The van der Waals surface area contributed by atoms with Crippen LogP contribution in [0.1, 0.15) is 33.1 Å². The van der Waals surface area contributed by atoms with E-state index in [9.17, 15) is 9.59 Å². The third-order valence-electron chi connectivity index (χ3n) is 3.16. The Morgan fingerprint density at radius 3 is 2.69 bits per heavy atom. The van der Waals surface area contributed by atoms with Crippen molar-refractivity contribution in [3.05, 3.63) is 0 Å². The summed E-state index contributed by atoms with van der Waals surface area (Å²) in [5.74, 6) is -1.13. The van der Waals surface area contributed by atoms with Crippen molar-refractivity contribution in [2.24, 2.45) is 5.41 Å². The molecule has 1 aliphatic heterocycles.